The van der Waals surface area contributed by atoms with E-state index in [4.69, 9.17) is 18.2 Å². The van der Waals surface area contributed by atoms with Gasteiger partial charge in [-0.15, -0.1) is 0 Å². The number of aromatic nitrogens is 6. The summed E-state index contributed by atoms with van der Waals surface area (Å²) < 4.78 is 88.6. The molecule has 1 aliphatic rings. The predicted molar refractivity (Wildman–Crippen MR) is 140 cm³/mol. The minimum absolute atomic E-state index is 0.0652. The SMILES string of the molecule is [2H]C([2H])([2H])C(C([2H])([2H])[2H])S(=O)(=O)c1ccc(N(C)c2nc(Nc3cc(C)[nH]n3)c(C3CC3)c(-c3cnn(C)c3)n2)c(F)c1. The number of anilines is 4. The van der Waals surface area contributed by atoms with Crippen LogP contribution in [0.5, 0.6) is 0 Å². The highest BCUT2D eigenvalue weighted by Gasteiger charge is 2.33. The Labute approximate surface area is 223 Å². The van der Waals surface area contributed by atoms with Gasteiger partial charge in [-0.25, -0.2) is 17.8 Å². The van der Waals surface area contributed by atoms with Crippen LogP contribution in [0.2, 0.25) is 0 Å². The average molecular weight is 531 g/mol. The molecule has 0 spiro atoms. The van der Waals surface area contributed by atoms with Crippen LogP contribution in [-0.2, 0) is 16.9 Å². The van der Waals surface area contributed by atoms with Crippen LogP contribution in [0.3, 0.4) is 0 Å². The Morgan fingerprint density at radius 2 is 2.05 bits per heavy atom. The standard InChI is InChI=1S/C25H29FN8O2S/c1-14(2)37(35,36)18-8-9-20(19(26)11-18)34(5)25-29-23(17-12-27-33(4)13-17)22(16-6-7-16)24(30-25)28-21-10-15(3)31-32-21/h8-14,16H,6-7H2,1-5H3,(H2,28,29,30,31,32)/i1D3,2D3. The molecule has 2 N–H and O–H groups in total. The van der Waals surface area contributed by atoms with Gasteiger partial charge in [-0.3, -0.25) is 9.78 Å². The summed E-state index contributed by atoms with van der Waals surface area (Å²) in [4.78, 5) is 10.0. The number of halogens is 1. The second-order valence-corrected chi connectivity index (χ2v) is 11.0. The maximum Gasteiger partial charge on any atom is 0.232 e. The number of H-pyrrole nitrogens is 1. The maximum absolute atomic E-state index is 15.6. The van der Waals surface area contributed by atoms with E-state index < -0.39 is 39.5 Å². The highest BCUT2D eigenvalue weighted by atomic mass is 32.2. The number of hydrogen-bond donors (Lipinski definition) is 2. The molecule has 0 radical (unpaired) electrons. The fraction of sp³-hybridized carbons (Fsp3) is 0.360. The van der Waals surface area contributed by atoms with Crippen LogP contribution in [0.15, 0.2) is 41.6 Å². The lowest BCUT2D eigenvalue weighted by Crippen LogP contribution is -2.18. The molecule has 1 saturated carbocycles. The van der Waals surface area contributed by atoms with Crippen LogP contribution < -0.4 is 10.2 Å². The van der Waals surface area contributed by atoms with Crippen molar-refractivity contribution in [1.82, 2.24) is 29.9 Å². The van der Waals surface area contributed by atoms with E-state index in [9.17, 15) is 8.42 Å². The summed E-state index contributed by atoms with van der Waals surface area (Å²) in [6, 6.07) is 4.50. The van der Waals surface area contributed by atoms with Crippen LogP contribution in [0, 0.1) is 12.7 Å². The van der Waals surface area contributed by atoms with E-state index in [2.05, 4.69) is 20.6 Å². The molecule has 1 aromatic carbocycles. The van der Waals surface area contributed by atoms with E-state index in [-0.39, 0.29) is 17.6 Å². The van der Waals surface area contributed by atoms with Gasteiger partial charge in [0.05, 0.1) is 27.7 Å². The van der Waals surface area contributed by atoms with E-state index in [1.165, 1.54) is 11.9 Å². The van der Waals surface area contributed by atoms with Crippen LogP contribution in [-0.4, -0.2) is 50.7 Å². The van der Waals surface area contributed by atoms with Gasteiger partial charge < -0.3 is 10.2 Å². The van der Waals surface area contributed by atoms with Crippen LogP contribution in [0.4, 0.5) is 27.7 Å². The van der Waals surface area contributed by atoms with Crippen molar-refractivity contribution in [2.24, 2.45) is 7.05 Å². The fourth-order valence-corrected chi connectivity index (χ4v) is 4.81. The molecular formula is C25H29FN8O2S. The van der Waals surface area contributed by atoms with E-state index in [1.807, 2.05) is 6.92 Å². The number of aryl methyl sites for hydroxylation is 2. The van der Waals surface area contributed by atoms with Gasteiger partial charge in [0.25, 0.3) is 0 Å². The molecule has 3 aromatic heterocycles. The fourth-order valence-electron chi connectivity index (χ4n) is 4.01. The first-order valence-corrected chi connectivity index (χ1v) is 13.0. The Morgan fingerprint density at radius 3 is 2.65 bits per heavy atom. The molecular weight excluding hydrogens is 495 g/mol. The molecule has 1 aliphatic carbocycles. The lowest BCUT2D eigenvalue weighted by Gasteiger charge is -2.22. The Balaban J connectivity index is 1.59. The molecule has 12 heteroatoms. The van der Waals surface area contributed by atoms with Gasteiger partial charge in [0.15, 0.2) is 15.7 Å². The third-order valence-corrected chi connectivity index (χ3v) is 7.60. The number of nitrogens with zero attached hydrogens (tertiary/aromatic N) is 6. The minimum Gasteiger partial charge on any atom is -0.323 e. The molecule has 0 aliphatic heterocycles. The summed E-state index contributed by atoms with van der Waals surface area (Å²) in [6.07, 6.45) is 5.32. The zero-order valence-corrected chi connectivity index (χ0v) is 21.1. The molecule has 0 atom stereocenters. The van der Waals surface area contributed by atoms with Gasteiger partial charge >= 0.3 is 0 Å². The highest BCUT2D eigenvalue weighted by molar-refractivity contribution is 7.92. The molecule has 1 fully saturated rings. The van der Waals surface area contributed by atoms with Crippen LogP contribution in [0.25, 0.3) is 11.3 Å². The number of hydrogen-bond acceptors (Lipinski definition) is 8. The number of aromatic amines is 1. The smallest absolute Gasteiger partial charge is 0.232 e. The van der Waals surface area contributed by atoms with Crippen molar-refractivity contribution in [1.29, 1.82) is 0 Å². The molecule has 0 amide bonds. The summed E-state index contributed by atoms with van der Waals surface area (Å²) in [5, 5.41) is 11.9. The molecule has 3 heterocycles. The number of rotatable bonds is 8. The van der Waals surface area contributed by atoms with E-state index in [0.717, 1.165) is 36.2 Å². The Hall–Kier alpha value is -3.80. The first-order valence-electron chi connectivity index (χ1n) is 14.4. The maximum atomic E-state index is 15.6. The molecule has 0 saturated heterocycles. The van der Waals surface area contributed by atoms with Gasteiger partial charge in [0, 0.05) is 51.4 Å². The van der Waals surface area contributed by atoms with Gasteiger partial charge in [-0.1, -0.05) is 0 Å². The molecule has 4 aromatic rings. The van der Waals surface area contributed by atoms with Gasteiger partial charge in [-0.05, 0) is 57.6 Å². The Kier molecular flexibility index (Phi) is 4.61. The second-order valence-electron chi connectivity index (χ2n) is 8.97. The van der Waals surface area contributed by atoms with Crippen molar-refractivity contribution in [3.05, 3.63) is 53.7 Å². The zero-order valence-electron chi connectivity index (χ0n) is 26.3. The number of benzene rings is 1. The largest absolute Gasteiger partial charge is 0.323 e. The number of nitrogens with one attached hydrogen (secondary N) is 2. The quantitative estimate of drug-likeness (QED) is 0.338. The first kappa shape index (κ1) is 18.4. The van der Waals surface area contributed by atoms with Crippen molar-refractivity contribution < 1.29 is 21.0 Å². The average Bonchev–Trinajstić information content (AvgIpc) is 3.49. The van der Waals surface area contributed by atoms with Gasteiger partial charge in [-0.2, -0.15) is 15.2 Å². The summed E-state index contributed by atoms with van der Waals surface area (Å²) >= 11 is 0. The van der Waals surface area contributed by atoms with E-state index in [1.54, 1.807) is 30.2 Å². The molecule has 0 unspecified atom stereocenters. The topological polar surface area (TPSA) is 122 Å². The third-order valence-electron chi connectivity index (χ3n) is 6.07. The highest BCUT2D eigenvalue weighted by Crippen LogP contribution is 2.48. The predicted octanol–water partition coefficient (Wildman–Crippen LogP) is 4.62. The molecule has 37 heavy (non-hydrogen) atoms. The summed E-state index contributed by atoms with van der Waals surface area (Å²) in [6.45, 7) is -4.89. The van der Waals surface area contributed by atoms with Gasteiger partial charge in [0.1, 0.15) is 11.6 Å². The molecule has 5 rings (SSSR count). The lowest BCUT2D eigenvalue weighted by atomic mass is 10.1. The van der Waals surface area contributed by atoms with E-state index >= 15 is 4.39 Å². The summed E-state index contributed by atoms with van der Waals surface area (Å²) in [7, 11) is -1.72. The second kappa shape index (κ2) is 9.25. The molecule has 0 bridgehead atoms. The van der Waals surface area contributed by atoms with Crippen molar-refractivity contribution in [2.45, 2.75) is 49.5 Å². The zero-order chi connectivity index (χ0) is 31.5. The van der Waals surface area contributed by atoms with Crippen molar-refractivity contribution in [2.75, 3.05) is 17.3 Å². The normalized spacial score (nSPS) is 16.9. The Bertz CT molecular complexity index is 1770. The monoisotopic (exact) mass is 530 g/mol. The van der Waals surface area contributed by atoms with Crippen LogP contribution in [0.1, 0.15) is 51.9 Å². The van der Waals surface area contributed by atoms with Crippen LogP contribution >= 0.6 is 0 Å². The molecule has 10 nitrogen and oxygen atoms in total. The first-order chi connectivity index (χ1) is 20.0. The van der Waals surface area contributed by atoms with E-state index in [0.29, 0.717) is 29.0 Å². The van der Waals surface area contributed by atoms with Crippen molar-refractivity contribution in [3.8, 4) is 11.3 Å². The molecule has 194 valence electrons. The minimum atomic E-state index is -4.98. The van der Waals surface area contributed by atoms with Crippen molar-refractivity contribution >= 4 is 33.1 Å². The lowest BCUT2D eigenvalue weighted by molar-refractivity contribution is 0.583. The van der Waals surface area contributed by atoms with Gasteiger partial charge in [0.2, 0.25) is 5.95 Å². The third kappa shape index (κ3) is 4.80. The number of sulfone groups is 1. The summed E-state index contributed by atoms with van der Waals surface area (Å²) in [5.74, 6) is 0.178. The Morgan fingerprint density at radius 1 is 1.27 bits per heavy atom. The summed E-state index contributed by atoms with van der Waals surface area (Å²) in [5.41, 5.74) is 2.85. The van der Waals surface area contributed by atoms with Crippen molar-refractivity contribution in [3.63, 3.8) is 0 Å².